The first-order valence-corrected chi connectivity index (χ1v) is 7.87. The first kappa shape index (κ1) is 13.9. The van der Waals surface area contributed by atoms with E-state index < -0.39 is 0 Å². The van der Waals surface area contributed by atoms with Crippen LogP contribution < -0.4 is 5.32 Å². The first-order valence-electron chi connectivity index (χ1n) is 7.49. The zero-order valence-electron chi connectivity index (χ0n) is 11.6. The molecule has 1 aromatic carbocycles. The molecule has 1 aliphatic carbocycles. The van der Waals surface area contributed by atoms with E-state index in [1.54, 1.807) is 0 Å². The highest BCUT2D eigenvalue weighted by Gasteiger charge is 2.33. The second-order valence-corrected chi connectivity index (χ2v) is 6.31. The summed E-state index contributed by atoms with van der Waals surface area (Å²) in [7, 11) is 0. The van der Waals surface area contributed by atoms with Crippen LogP contribution in [0, 0.1) is 0 Å². The molecule has 3 rings (SSSR count). The van der Waals surface area contributed by atoms with Gasteiger partial charge in [0.25, 0.3) is 0 Å². The zero-order valence-corrected chi connectivity index (χ0v) is 12.4. The molecule has 0 aromatic heterocycles. The van der Waals surface area contributed by atoms with Gasteiger partial charge in [0.1, 0.15) is 0 Å². The van der Waals surface area contributed by atoms with Gasteiger partial charge in [-0.2, -0.15) is 0 Å². The Morgan fingerprint density at radius 2 is 2.00 bits per heavy atom. The highest BCUT2D eigenvalue weighted by Crippen LogP contribution is 2.29. The maximum atomic E-state index is 12.5. The lowest BCUT2D eigenvalue weighted by atomic mass is 10.1. The molecule has 20 heavy (non-hydrogen) atoms. The Labute approximate surface area is 125 Å². The van der Waals surface area contributed by atoms with Gasteiger partial charge in [0.15, 0.2) is 0 Å². The molecule has 1 atom stereocenters. The summed E-state index contributed by atoms with van der Waals surface area (Å²) in [6.07, 6.45) is 5.27. The third-order valence-electron chi connectivity index (χ3n) is 4.16. The summed E-state index contributed by atoms with van der Waals surface area (Å²) in [5.41, 5.74) is 1.16. The lowest BCUT2D eigenvalue weighted by Crippen LogP contribution is -2.37. The molecule has 3 nitrogen and oxygen atoms in total. The molecule has 0 radical (unpaired) electrons. The maximum absolute atomic E-state index is 12.5. The summed E-state index contributed by atoms with van der Waals surface area (Å²) in [5, 5.41) is 4.15. The molecule has 1 saturated carbocycles. The highest BCUT2D eigenvalue weighted by atomic mass is 35.5. The number of rotatable bonds is 5. The van der Waals surface area contributed by atoms with Gasteiger partial charge in [-0.15, -0.1) is 0 Å². The Morgan fingerprint density at radius 1 is 1.25 bits per heavy atom. The van der Waals surface area contributed by atoms with Gasteiger partial charge in [-0.25, -0.2) is 0 Å². The Kier molecular flexibility index (Phi) is 4.27. The van der Waals surface area contributed by atoms with Crippen molar-refractivity contribution in [1.82, 2.24) is 10.2 Å². The Morgan fingerprint density at radius 3 is 2.60 bits per heavy atom. The fourth-order valence-electron chi connectivity index (χ4n) is 2.85. The first-order chi connectivity index (χ1) is 9.72. The fraction of sp³-hybridized carbons (Fsp3) is 0.562. The van der Waals surface area contributed by atoms with Crippen molar-refractivity contribution >= 4 is 17.5 Å². The minimum absolute atomic E-state index is 0.293. The molecule has 1 unspecified atom stereocenters. The molecule has 4 heteroatoms. The van der Waals surface area contributed by atoms with Crippen LogP contribution in [0.15, 0.2) is 24.3 Å². The molecule has 1 saturated heterocycles. The molecular formula is C16H21ClN2O. The van der Waals surface area contributed by atoms with E-state index in [-0.39, 0.29) is 0 Å². The van der Waals surface area contributed by atoms with Crippen molar-refractivity contribution in [2.75, 3.05) is 6.54 Å². The van der Waals surface area contributed by atoms with Crippen molar-refractivity contribution in [1.29, 1.82) is 0 Å². The topological polar surface area (TPSA) is 32.3 Å². The predicted octanol–water partition coefficient (Wildman–Crippen LogP) is 2.97. The molecule has 1 amide bonds. The van der Waals surface area contributed by atoms with Gasteiger partial charge >= 0.3 is 0 Å². The second kappa shape index (κ2) is 6.15. The number of benzene rings is 1. The van der Waals surface area contributed by atoms with Gasteiger partial charge in [-0.1, -0.05) is 23.7 Å². The molecule has 2 fully saturated rings. The van der Waals surface area contributed by atoms with Crippen LogP contribution in [0.5, 0.6) is 0 Å². The van der Waals surface area contributed by atoms with Crippen LogP contribution in [0.2, 0.25) is 5.02 Å². The molecule has 0 bridgehead atoms. The predicted molar refractivity (Wildman–Crippen MR) is 80.7 cm³/mol. The van der Waals surface area contributed by atoms with E-state index in [0.29, 0.717) is 31.0 Å². The standard InChI is InChI=1S/C16H21ClN2O/c17-13-5-3-12(4-6-13)11-19(15-7-8-15)16(20)10-14-2-1-9-18-14/h3-6,14-15,18H,1-2,7-11H2. The molecule has 2 aliphatic rings. The summed E-state index contributed by atoms with van der Waals surface area (Å²) in [4.78, 5) is 14.6. The highest BCUT2D eigenvalue weighted by molar-refractivity contribution is 6.30. The van der Waals surface area contributed by atoms with Gasteiger partial charge in [-0.3, -0.25) is 4.79 Å². The number of hydrogen-bond donors (Lipinski definition) is 1. The Bertz CT molecular complexity index is 464. The van der Waals surface area contributed by atoms with Crippen molar-refractivity contribution < 1.29 is 4.79 Å². The van der Waals surface area contributed by atoms with Crippen molar-refractivity contribution in [3.63, 3.8) is 0 Å². The smallest absolute Gasteiger partial charge is 0.224 e. The molecular weight excluding hydrogens is 272 g/mol. The summed E-state index contributed by atoms with van der Waals surface area (Å²) >= 11 is 5.91. The molecule has 1 aromatic rings. The second-order valence-electron chi connectivity index (χ2n) is 5.88. The summed E-state index contributed by atoms with van der Waals surface area (Å²) in [6, 6.07) is 8.65. The monoisotopic (exact) mass is 292 g/mol. The van der Waals surface area contributed by atoms with Crippen molar-refractivity contribution in [3.8, 4) is 0 Å². The average Bonchev–Trinajstić information content (AvgIpc) is 3.15. The van der Waals surface area contributed by atoms with E-state index in [2.05, 4.69) is 10.2 Å². The molecule has 1 aliphatic heterocycles. The van der Waals surface area contributed by atoms with E-state index >= 15 is 0 Å². The lowest BCUT2D eigenvalue weighted by molar-refractivity contribution is -0.132. The van der Waals surface area contributed by atoms with E-state index in [4.69, 9.17) is 11.6 Å². The lowest BCUT2D eigenvalue weighted by Gasteiger charge is -2.24. The molecule has 108 valence electrons. The van der Waals surface area contributed by atoms with Crippen LogP contribution in [0.25, 0.3) is 0 Å². The number of carbonyl (C=O) groups is 1. The van der Waals surface area contributed by atoms with Crippen LogP contribution in [0.4, 0.5) is 0 Å². The van der Waals surface area contributed by atoms with Gasteiger partial charge < -0.3 is 10.2 Å². The zero-order chi connectivity index (χ0) is 13.9. The van der Waals surface area contributed by atoms with Gasteiger partial charge in [0.05, 0.1) is 0 Å². The number of amides is 1. The van der Waals surface area contributed by atoms with E-state index in [1.165, 1.54) is 6.42 Å². The number of nitrogens with one attached hydrogen (secondary N) is 1. The van der Waals surface area contributed by atoms with Gasteiger partial charge in [-0.05, 0) is 49.9 Å². The Balaban J connectivity index is 1.62. The van der Waals surface area contributed by atoms with Crippen molar-refractivity contribution in [2.45, 2.75) is 50.7 Å². The van der Waals surface area contributed by atoms with Crippen LogP contribution in [0.3, 0.4) is 0 Å². The van der Waals surface area contributed by atoms with E-state index in [9.17, 15) is 4.79 Å². The van der Waals surface area contributed by atoms with Crippen LogP contribution in [-0.4, -0.2) is 29.4 Å². The summed E-state index contributed by atoms with van der Waals surface area (Å²) in [5.74, 6) is 0.293. The summed E-state index contributed by atoms with van der Waals surface area (Å²) in [6.45, 7) is 1.77. The quantitative estimate of drug-likeness (QED) is 0.905. The average molecular weight is 293 g/mol. The van der Waals surface area contributed by atoms with E-state index in [0.717, 1.165) is 36.4 Å². The normalized spacial score (nSPS) is 21.9. The number of carbonyl (C=O) groups excluding carboxylic acids is 1. The van der Waals surface area contributed by atoms with Crippen LogP contribution in [0.1, 0.15) is 37.7 Å². The minimum Gasteiger partial charge on any atom is -0.335 e. The third kappa shape index (κ3) is 3.53. The Hall–Kier alpha value is -1.06. The van der Waals surface area contributed by atoms with Gasteiger partial charge in [0.2, 0.25) is 5.91 Å². The molecule has 0 spiro atoms. The number of hydrogen-bond acceptors (Lipinski definition) is 2. The maximum Gasteiger partial charge on any atom is 0.224 e. The van der Waals surface area contributed by atoms with E-state index in [1.807, 2.05) is 24.3 Å². The van der Waals surface area contributed by atoms with Crippen LogP contribution >= 0.6 is 11.6 Å². The number of nitrogens with zero attached hydrogens (tertiary/aromatic N) is 1. The molecule has 1 heterocycles. The minimum atomic E-state index is 0.293. The third-order valence-corrected chi connectivity index (χ3v) is 4.41. The molecule has 1 N–H and O–H groups in total. The largest absolute Gasteiger partial charge is 0.335 e. The SMILES string of the molecule is O=C(CC1CCCN1)N(Cc1ccc(Cl)cc1)C1CC1. The van der Waals surface area contributed by atoms with Gasteiger partial charge in [0, 0.05) is 30.1 Å². The van der Waals surface area contributed by atoms with Crippen molar-refractivity contribution in [3.05, 3.63) is 34.9 Å². The fourth-order valence-corrected chi connectivity index (χ4v) is 2.98. The number of halogens is 1. The van der Waals surface area contributed by atoms with Crippen LogP contribution in [-0.2, 0) is 11.3 Å². The summed E-state index contributed by atoms with van der Waals surface area (Å²) < 4.78 is 0. The van der Waals surface area contributed by atoms with Crippen molar-refractivity contribution in [2.24, 2.45) is 0 Å².